The molecule has 44 valence electrons. The first kappa shape index (κ1) is 5.62. The zero-order chi connectivity index (χ0) is 5.98. The third-order valence-electron chi connectivity index (χ3n) is 0.853. The molecule has 0 aromatic heterocycles. The summed E-state index contributed by atoms with van der Waals surface area (Å²) < 4.78 is 0. The highest BCUT2D eigenvalue weighted by molar-refractivity contribution is 8.13. The van der Waals surface area contributed by atoms with E-state index in [9.17, 15) is 4.79 Å². The second kappa shape index (κ2) is 2.17. The average Bonchev–Trinajstić information content (AvgIpc) is 2.14. The smallest absolute Gasteiger partial charge is 0.330 e. The predicted octanol–water partition coefficient (Wildman–Crippen LogP) is 0.471. The van der Waals surface area contributed by atoms with E-state index >= 15 is 0 Å². The van der Waals surface area contributed by atoms with Gasteiger partial charge in [-0.2, -0.15) is 4.99 Å². The van der Waals surface area contributed by atoms with Crippen molar-refractivity contribution in [3.8, 4) is 0 Å². The SMILES string of the molecule is CSC1=NC(=O)NC1. The van der Waals surface area contributed by atoms with E-state index in [2.05, 4.69) is 10.3 Å². The Morgan fingerprint density at radius 3 is 2.88 bits per heavy atom. The Balaban J connectivity index is 2.57. The fourth-order valence-corrected chi connectivity index (χ4v) is 0.852. The molecule has 0 saturated carbocycles. The number of hydrogen-bond acceptors (Lipinski definition) is 2. The largest absolute Gasteiger partial charge is 0.342 e. The third kappa shape index (κ3) is 1.01. The molecule has 0 spiro atoms. The molecule has 0 radical (unpaired) electrons. The molecular formula is C4H6N2OS. The number of aliphatic imine (C=N–C) groups is 1. The van der Waals surface area contributed by atoms with Gasteiger partial charge in [-0.3, -0.25) is 0 Å². The summed E-state index contributed by atoms with van der Waals surface area (Å²) in [4.78, 5) is 13.9. The van der Waals surface area contributed by atoms with Crippen molar-refractivity contribution >= 4 is 22.8 Å². The zero-order valence-electron chi connectivity index (χ0n) is 4.47. The number of nitrogens with one attached hydrogen (secondary N) is 1. The van der Waals surface area contributed by atoms with Crippen LogP contribution in [-0.4, -0.2) is 23.9 Å². The number of carbonyl (C=O) groups is 1. The molecule has 0 unspecified atom stereocenters. The van der Waals surface area contributed by atoms with Gasteiger partial charge in [-0.1, -0.05) is 0 Å². The fourth-order valence-electron chi connectivity index (χ4n) is 0.461. The van der Waals surface area contributed by atoms with Gasteiger partial charge in [0.25, 0.3) is 0 Å². The van der Waals surface area contributed by atoms with Crippen LogP contribution in [0.5, 0.6) is 0 Å². The van der Waals surface area contributed by atoms with Gasteiger partial charge < -0.3 is 5.32 Å². The summed E-state index contributed by atoms with van der Waals surface area (Å²) in [5.74, 6) is 0. The zero-order valence-corrected chi connectivity index (χ0v) is 5.29. The Morgan fingerprint density at radius 1 is 1.88 bits per heavy atom. The number of carbonyl (C=O) groups excluding carboxylic acids is 1. The molecule has 0 saturated heterocycles. The fraction of sp³-hybridized carbons (Fsp3) is 0.500. The van der Waals surface area contributed by atoms with Crippen molar-refractivity contribution in [1.29, 1.82) is 0 Å². The standard InChI is InChI=1S/C4H6N2OS/c1-8-3-2-5-4(7)6-3/h2H2,1H3,(H,5,7). The predicted molar refractivity (Wildman–Crippen MR) is 34.3 cm³/mol. The maximum absolute atomic E-state index is 10.3. The number of urea groups is 1. The van der Waals surface area contributed by atoms with Crippen molar-refractivity contribution in [2.24, 2.45) is 4.99 Å². The van der Waals surface area contributed by atoms with Gasteiger partial charge in [-0.15, -0.1) is 11.8 Å². The first-order chi connectivity index (χ1) is 3.83. The summed E-state index contributed by atoms with van der Waals surface area (Å²) in [6.45, 7) is 0.611. The van der Waals surface area contributed by atoms with Gasteiger partial charge in [-0.05, 0) is 6.26 Å². The van der Waals surface area contributed by atoms with Crippen molar-refractivity contribution in [3.63, 3.8) is 0 Å². The molecule has 1 aliphatic heterocycles. The van der Waals surface area contributed by atoms with Crippen LogP contribution in [-0.2, 0) is 0 Å². The van der Waals surface area contributed by atoms with E-state index in [1.807, 2.05) is 6.26 Å². The molecule has 1 heterocycles. The Bertz CT molecular complexity index is 143. The highest BCUT2D eigenvalue weighted by atomic mass is 32.2. The Hall–Kier alpha value is -0.510. The number of thioether (sulfide) groups is 1. The molecule has 1 rings (SSSR count). The van der Waals surface area contributed by atoms with Crippen molar-refractivity contribution in [1.82, 2.24) is 5.32 Å². The first-order valence-corrected chi connectivity index (χ1v) is 3.45. The summed E-state index contributed by atoms with van der Waals surface area (Å²) >= 11 is 1.50. The van der Waals surface area contributed by atoms with E-state index in [0.29, 0.717) is 6.54 Å². The highest BCUT2D eigenvalue weighted by Gasteiger charge is 2.09. The Kier molecular flexibility index (Phi) is 1.53. The van der Waals surface area contributed by atoms with Gasteiger partial charge in [0, 0.05) is 0 Å². The lowest BCUT2D eigenvalue weighted by Crippen LogP contribution is -2.14. The van der Waals surface area contributed by atoms with E-state index in [4.69, 9.17) is 0 Å². The number of rotatable bonds is 0. The van der Waals surface area contributed by atoms with Crippen LogP contribution < -0.4 is 5.32 Å². The monoisotopic (exact) mass is 130 g/mol. The van der Waals surface area contributed by atoms with Crippen molar-refractivity contribution in [2.45, 2.75) is 0 Å². The quantitative estimate of drug-likeness (QED) is 0.518. The molecule has 0 aromatic rings. The van der Waals surface area contributed by atoms with Crippen LogP contribution >= 0.6 is 11.8 Å². The van der Waals surface area contributed by atoms with Gasteiger partial charge in [-0.25, -0.2) is 4.79 Å². The highest BCUT2D eigenvalue weighted by Crippen LogP contribution is 2.01. The molecule has 0 aromatic carbocycles. The summed E-state index contributed by atoms with van der Waals surface area (Å²) in [6.07, 6.45) is 1.90. The van der Waals surface area contributed by atoms with E-state index in [0.717, 1.165) is 5.04 Å². The summed E-state index contributed by atoms with van der Waals surface area (Å²) in [7, 11) is 0. The van der Waals surface area contributed by atoms with Gasteiger partial charge in [0.2, 0.25) is 0 Å². The normalized spacial score (nSPS) is 18.1. The van der Waals surface area contributed by atoms with Gasteiger partial charge in [0.1, 0.15) is 0 Å². The minimum absolute atomic E-state index is 0.214. The van der Waals surface area contributed by atoms with Crippen molar-refractivity contribution in [2.75, 3.05) is 12.8 Å². The average molecular weight is 130 g/mol. The third-order valence-corrected chi connectivity index (χ3v) is 1.56. The molecule has 1 N–H and O–H groups in total. The lowest BCUT2D eigenvalue weighted by molar-refractivity contribution is 0.252. The maximum atomic E-state index is 10.3. The molecule has 1 aliphatic rings. The molecule has 8 heavy (non-hydrogen) atoms. The van der Waals surface area contributed by atoms with E-state index < -0.39 is 0 Å². The van der Waals surface area contributed by atoms with Gasteiger partial charge in [0.15, 0.2) is 0 Å². The molecule has 2 amide bonds. The second-order valence-electron chi connectivity index (χ2n) is 1.37. The topological polar surface area (TPSA) is 41.5 Å². The number of nitrogens with zero attached hydrogens (tertiary/aromatic N) is 1. The van der Waals surface area contributed by atoms with Crippen LogP contribution in [0.3, 0.4) is 0 Å². The second-order valence-corrected chi connectivity index (χ2v) is 2.25. The summed E-state index contributed by atoms with van der Waals surface area (Å²) in [6, 6.07) is -0.214. The minimum Gasteiger partial charge on any atom is -0.330 e. The van der Waals surface area contributed by atoms with Gasteiger partial charge in [0.05, 0.1) is 11.6 Å². The van der Waals surface area contributed by atoms with Crippen LogP contribution in [0, 0.1) is 0 Å². The first-order valence-electron chi connectivity index (χ1n) is 2.22. The van der Waals surface area contributed by atoms with Crippen molar-refractivity contribution < 1.29 is 4.79 Å². The maximum Gasteiger partial charge on any atom is 0.342 e. The molecule has 0 fully saturated rings. The number of hydrogen-bond donors (Lipinski definition) is 1. The Morgan fingerprint density at radius 2 is 2.62 bits per heavy atom. The van der Waals surface area contributed by atoms with Crippen molar-refractivity contribution in [3.05, 3.63) is 0 Å². The molecule has 0 aliphatic carbocycles. The summed E-state index contributed by atoms with van der Waals surface area (Å²) in [5, 5.41) is 3.43. The molecule has 0 atom stereocenters. The van der Waals surface area contributed by atoms with E-state index in [1.165, 1.54) is 11.8 Å². The van der Waals surface area contributed by atoms with E-state index in [1.54, 1.807) is 0 Å². The Labute approximate surface area is 51.6 Å². The lowest BCUT2D eigenvalue weighted by Gasteiger charge is -1.85. The van der Waals surface area contributed by atoms with Crippen LogP contribution in [0.1, 0.15) is 0 Å². The van der Waals surface area contributed by atoms with Crippen LogP contribution in [0.25, 0.3) is 0 Å². The molecular weight excluding hydrogens is 124 g/mol. The molecule has 0 bridgehead atoms. The van der Waals surface area contributed by atoms with Crippen LogP contribution in [0.2, 0.25) is 0 Å². The summed E-state index contributed by atoms with van der Waals surface area (Å²) in [5.41, 5.74) is 0. The lowest BCUT2D eigenvalue weighted by atomic mass is 10.7. The number of amides is 2. The van der Waals surface area contributed by atoms with E-state index in [-0.39, 0.29) is 6.03 Å². The molecule has 4 heteroatoms. The van der Waals surface area contributed by atoms with Crippen LogP contribution in [0.4, 0.5) is 4.79 Å². The minimum atomic E-state index is -0.214. The molecule has 3 nitrogen and oxygen atoms in total. The van der Waals surface area contributed by atoms with Gasteiger partial charge >= 0.3 is 6.03 Å². The van der Waals surface area contributed by atoms with Crippen LogP contribution in [0.15, 0.2) is 4.99 Å².